The van der Waals surface area contributed by atoms with Crippen LogP contribution in [0.25, 0.3) is 0 Å². The predicted octanol–water partition coefficient (Wildman–Crippen LogP) is 2.32. The third kappa shape index (κ3) is 0.870. The van der Waals surface area contributed by atoms with E-state index in [4.69, 9.17) is 0 Å². The number of amides is 1. The molecular formula is C13H13NO. The molecule has 0 bridgehead atoms. The molecule has 0 saturated heterocycles. The predicted molar refractivity (Wildman–Crippen MR) is 58.6 cm³/mol. The summed E-state index contributed by atoms with van der Waals surface area (Å²) in [7, 11) is 0. The topological polar surface area (TPSA) is 20.3 Å². The van der Waals surface area contributed by atoms with E-state index in [1.807, 2.05) is 23.1 Å². The van der Waals surface area contributed by atoms with Crippen molar-refractivity contribution in [3.8, 4) is 0 Å². The quantitative estimate of drug-likeness (QED) is 0.635. The van der Waals surface area contributed by atoms with Gasteiger partial charge >= 0.3 is 0 Å². The minimum Gasteiger partial charge on any atom is -0.322 e. The zero-order valence-corrected chi connectivity index (χ0v) is 8.73. The number of benzene rings is 1. The summed E-state index contributed by atoms with van der Waals surface area (Å²) in [5.74, 6) is 0.178. The Morgan fingerprint density at radius 2 is 2.20 bits per heavy atom. The normalized spacial score (nSPS) is 27.0. The molecule has 0 saturated carbocycles. The molecule has 2 aliphatic rings. The maximum absolute atomic E-state index is 12.1. The van der Waals surface area contributed by atoms with Crippen LogP contribution >= 0.6 is 0 Å². The summed E-state index contributed by atoms with van der Waals surface area (Å²) in [4.78, 5) is 14.1. The molecule has 1 amide bonds. The molecule has 0 aliphatic carbocycles. The Morgan fingerprint density at radius 1 is 1.40 bits per heavy atom. The molecule has 2 aliphatic heterocycles. The number of hydrogen-bond acceptors (Lipinski definition) is 1. The largest absolute Gasteiger partial charge is 0.322 e. The van der Waals surface area contributed by atoms with Crippen molar-refractivity contribution in [2.45, 2.75) is 18.9 Å². The van der Waals surface area contributed by atoms with Crippen LogP contribution in [-0.4, -0.2) is 17.4 Å². The molecule has 0 aromatic heterocycles. The maximum Gasteiger partial charge on any atom is 0.255 e. The molecule has 0 spiro atoms. The first-order valence-corrected chi connectivity index (χ1v) is 5.39. The smallest absolute Gasteiger partial charge is 0.255 e. The summed E-state index contributed by atoms with van der Waals surface area (Å²) < 4.78 is 0. The molecule has 2 heteroatoms. The molecule has 15 heavy (non-hydrogen) atoms. The third-order valence-corrected chi connectivity index (χ3v) is 3.57. The lowest BCUT2D eigenvalue weighted by Gasteiger charge is -2.30. The highest BCUT2D eigenvalue weighted by atomic mass is 16.2. The van der Waals surface area contributed by atoms with Gasteiger partial charge in [-0.2, -0.15) is 0 Å². The molecule has 3 rings (SSSR count). The van der Waals surface area contributed by atoms with E-state index in [1.54, 1.807) is 0 Å². The van der Waals surface area contributed by atoms with E-state index in [1.165, 1.54) is 5.56 Å². The Balaban J connectivity index is 2.29. The third-order valence-electron chi connectivity index (χ3n) is 3.57. The monoisotopic (exact) mass is 199 g/mol. The fraction of sp³-hybridized carbons (Fsp3) is 0.308. The molecule has 76 valence electrons. The van der Waals surface area contributed by atoms with Gasteiger partial charge in [0.05, 0.1) is 5.54 Å². The van der Waals surface area contributed by atoms with Crippen molar-refractivity contribution < 1.29 is 4.79 Å². The van der Waals surface area contributed by atoms with Crippen LogP contribution in [-0.2, 0) is 5.54 Å². The van der Waals surface area contributed by atoms with Gasteiger partial charge in [-0.15, -0.1) is 0 Å². The Labute approximate surface area is 89.2 Å². The SMILES string of the molecule is CCC12C=CCN1C(=O)c1ccccc12. The fourth-order valence-corrected chi connectivity index (χ4v) is 2.80. The zero-order chi connectivity index (χ0) is 10.5. The molecule has 1 aromatic carbocycles. The van der Waals surface area contributed by atoms with Gasteiger partial charge in [0.25, 0.3) is 5.91 Å². The zero-order valence-electron chi connectivity index (χ0n) is 8.73. The van der Waals surface area contributed by atoms with Crippen molar-refractivity contribution >= 4 is 5.91 Å². The standard InChI is InChI=1S/C13H13NO/c1-2-13-8-5-9-14(13)12(15)10-6-3-4-7-11(10)13/h3-8H,2,9H2,1H3. The first-order chi connectivity index (χ1) is 7.29. The molecule has 1 aromatic rings. The lowest BCUT2D eigenvalue weighted by Crippen LogP contribution is -2.38. The summed E-state index contributed by atoms with van der Waals surface area (Å²) in [6, 6.07) is 7.96. The van der Waals surface area contributed by atoms with E-state index in [2.05, 4.69) is 25.1 Å². The van der Waals surface area contributed by atoms with Crippen molar-refractivity contribution in [3.63, 3.8) is 0 Å². The van der Waals surface area contributed by atoms with E-state index in [9.17, 15) is 4.79 Å². The van der Waals surface area contributed by atoms with E-state index in [0.29, 0.717) is 0 Å². The molecule has 0 radical (unpaired) electrons. The van der Waals surface area contributed by atoms with Crippen LogP contribution in [0.15, 0.2) is 36.4 Å². The average molecular weight is 199 g/mol. The van der Waals surface area contributed by atoms with E-state index >= 15 is 0 Å². The summed E-state index contributed by atoms with van der Waals surface area (Å²) in [6.07, 6.45) is 5.22. The number of rotatable bonds is 1. The first-order valence-electron chi connectivity index (χ1n) is 5.39. The van der Waals surface area contributed by atoms with Crippen molar-refractivity contribution in [3.05, 3.63) is 47.5 Å². The van der Waals surface area contributed by atoms with Gasteiger partial charge in [0.2, 0.25) is 0 Å². The second-order valence-electron chi connectivity index (χ2n) is 4.14. The Morgan fingerprint density at radius 3 is 3.00 bits per heavy atom. The Kier molecular flexibility index (Phi) is 1.58. The Bertz CT molecular complexity index is 463. The lowest BCUT2D eigenvalue weighted by atomic mass is 9.88. The minimum atomic E-state index is -0.145. The summed E-state index contributed by atoms with van der Waals surface area (Å²) in [6.45, 7) is 2.89. The van der Waals surface area contributed by atoms with Gasteiger partial charge in [-0.25, -0.2) is 0 Å². The van der Waals surface area contributed by atoms with Crippen molar-refractivity contribution in [1.29, 1.82) is 0 Å². The second-order valence-corrected chi connectivity index (χ2v) is 4.14. The van der Waals surface area contributed by atoms with Gasteiger partial charge in [0.15, 0.2) is 0 Å². The van der Waals surface area contributed by atoms with Crippen LogP contribution in [0.4, 0.5) is 0 Å². The second kappa shape index (κ2) is 2.72. The number of carbonyl (C=O) groups excluding carboxylic acids is 1. The van der Waals surface area contributed by atoms with Crippen molar-refractivity contribution in [2.24, 2.45) is 0 Å². The molecule has 1 atom stereocenters. The van der Waals surface area contributed by atoms with E-state index in [0.717, 1.165) is 18.5 Å². The van der Waals surface area contributed by atoms with Crippen LogP contribution in [0, 0.1) is 0 Å². The van der Waals surface area contributed by atoms with Gasteiger partial charge in [-0.05, 0) is 18.1 Å². The summed E-state index contributed by atoms with van der Waals surface area (Å²) in [5.41, 5.74) is 1.91. The molecule has 0 fully saturated rings. The highest BCUT2D eigenvalue weighted by Crippen LogP contribution is 2.45. The van der Waals surface area contributed by atoms with Gasteiger partial charge in [-0.3, -0.25) is 4.79 Å². The number of fused-ring (bicyclic) bond motifs is 3. The molecule has 2 nitrogen and oxygen atoms in total. The van der Waals surface area contributed by atoms with Gasteiger partial charge in [0.1, 0.15) is 0 Å². The summed E-state index contributed by atoms with van der Waals surface area (Å²) in [5, 5.41) is 0. The van der Waals surface area contributed by atoms with Crippen molar-refractivity contribution in [2.75, 3.05) is 6.54 Å². The van der Waals surface area contributed by atoms with Crippen LogP contribution in [0.1, 0.15) is 29.3 Å². The van der Waals surface area contributed by atoms with E-state index < -0.39 is 0 Å². The molecule has 0 N–H and O–H groups in total. The minimum absolute atomic E-state index is 0.145. The highest BCUT2D eigenvalue weighted by molar-refractivity contribution is 6.01. The number of nitrogens with zero attached hydrogens (tertiary/aromatic N) is 1. The van der Waals surface area contributed by atoms with Gasteiger partial charge < -0.3 is 4.90 Å². The average Bonchev–Trinajstić information content (AvgIpc) is 2.80. The molecular weight excluding hydrogens is 186 g/mol. The van der Waals surface area contributed by atoms with Crippen LogP contribution in [0.3, 0.4) is 0 Å². The highest BCUT2D eigenvalue weighted by Gasteiger charge is 2.48. The maximum atomic E-state index is 12.1. The number of carbonyl (C=O) groups is 1. The molecule has 2 heterocycles. The number of hydrogen-bond donors (Lipinski definition) is 0. The van der Waals surface area contributed by atoms with Crippen molar-refractivity contribution in [1.82, 2.24) is 4.90 Å². The van der Waals surface area contributed by atoms with Crippen LogP contribution in [0.2, 0.25) is 0 Å². The lowest BCUT2D eigenvalue weighted by molar-refractivity contribution is 0.0689. The summed E-state index contributed by atoms with van der Waals surface area (Å²) >= 11 is 0. The van der Waals surface area contributed by atoms with Crippen LogP contribution in [0.5, 0.6) is 0 Å². The van der Waals surface area contributed by atoms with Gasteiger partial charge in [0, 0.05) is 12.1 Å². The van der Waals surface area contributed by atoms with E-state index in [-0.39, 0.29) is 11.4 Å². The molecule has 1 unspecified atom stereocenters. The first kappa shape index (κ1) is 8.72. The Hall–Kier alpha value is -1.57. The fourth-order valence-electron chi connectivity index (χ4n) is 2.80. The van der Waals surface area contributed by atoms with Gasteiger partial charge in [-0.1, -0.05) is 37.3 Å². The van der Waals surface area contributed by atoms with Crippen LogP contribution < -0.4 is 0 Å².